The Balaban J connectivity index is 1.43. The molecule has 0 bridgehead atoms. The standard InChI is InChI=1S/C39H37N3O6/c1-5-45-38(43)47-36-23-19-34(20-24-36)42(35-21-25-37(26-22-35)48-39(44)46-6-2)40-27-30-11-17-33(18-12-30)41(31-13-7-28(3)8-14-31)32-15-9-29(4)10-16-32/h7-27H,5-6H2,1-4H3. The van der Waals surface area contributed by atoms with Gasteiger partial charge < -0.3 is 23.8 Å². The van der Waals surface area contributed by atoms with Gasteiger partial charge in [0.25, 0.3) is 0 Å². The average Bonchev–Trinajstić information content (AvgIpc) is 3.09. The van der Waals surface area contributed by atoms with Crippen molar-refractivity contribution in [3.8, 4) is 11.5 Å². The normalized spacial score (nSPS) is 10.8. The van der Waals surface area contributed by atoms with Crippen molar-refractivity contribution in [3.05, 3.63) is 138 Å². The molecule has 0 aromatic heterocycles. The molecule has 0 aliphatic carbocycles. The van der Waals surface area contributed by atoms with Crippen molar-refractivity contribution in [2.75, 3.05) is 23.1 Å². The number of anilines is 5. The minimum Gasteiger partial charge on any atom is -0.434 e. The lowest BCUT2D eigenvalue weighted by Gasteiger charge is -2.26. The summed E-state index contributed by atoms with van der Waals surface area (Å²) in [5, 5.41) is 6.54. The molecule has 0 saturated carbocycles. The number of aryl methyl sites for hydroxylation is 2. The van der Waals surface area contributed by atoms with E-state index in [1.54, 1.807) is 73.6 Å². The number of rotatable bonds is 11. The Morgan fingerprint density at radius 2 is 0.896 bits per heavy atom. The van der Waals surface area contributed by atoms with E-state index in [9.17, 15) is 9.59 Å². The number of carbonyl (C=O) groups excluding carboxylic acids is 2. The van der Waals surface area contributed by atoms with Crippen LogP contribution in [0, 0.1) is 13.8 Å². The summed E-state index contributed by atoms with van der Waals surface area (Å²) in [6, 6.07) is 38.8. The van der Waals surface area contributed by atoms with Gasteiger partial charge in [-0.1, -0.05) is 47.5 Å². The third-order valence-electron chi connectivity index (χ3n) is 7.15. The van der Waals surface area contributed by atoms with Crippen molar-refractivity contribution < 1.29 is 28.5 Å². The van der Waals surface area contributed by atoms with Crippen LogP contribution in [0.3, 0.4) is 0 Å². The van der Waals surface area contributed by atoms with Gasteiger partial charge in [-0.15, -0.1) is 0 Å². The molecule has 9 nitrogen and oxygen atoms in total. The van der Waals surface area contributed by atoms with Crippen LogP contribution in [0.1, 0.15) is 30.5 Å². The molecule has 0 aliphatic heterocycles. The van der Waals surface area contributed by atoms with Crippen LogP contribution in [-0.4, -0.2) is 31.7 Å². The maximum absolute atomic E-state index is 11.8. The van der Waals surface area contributed by atoms with Crippen LogP contribution in [-0.2, 0) is 9.47 Å². The van der Waals surface area contributed by atoms with Gasteiger partial charge in [-0.05, 0) is 118 Å². The second kappa shape index (κ2) is 16.0. The van der Waals surface area contributed by atoms with Gasteiger partial charge in [0, 0.05) is 17.1 Å². The van der Waals surface area contributed by atoms with Gasteiger partial charge in [0.05, 0.1) is 30.8 Å². The van der Waals surface area contributed by atoms with Crippen molar-refractivity contribution in [1.29, 1.82) is 0 Å². The zero-order valence-corrected chi connectivity index (χ0v) is 27.3. The maximum Gasteiger partial charge on any atom is 0.513 e. The number of ether oxygens (including phenoxy) is 4. The Morgan fingerprint density at radius 1 is 0.542 bits per heavy atom. The molecule has 0 unspecified atom stereocenters. The number of hydrazone groups is 1. The molecule has 0 aliphatic rings. The van der Waals surface area contributed by atoms with E-state index in [1.807, 2.05) is 12.1 Å². The fraction of sp³-hybridized carbons (Fsp3) is 0.154. The molecule has 5 aromatic rings. The Labute approximate surface area is 280 Å². The lowest BCUT2D eigenvalue weighted by molar-refractivity contribution is 0.103. The molecule has 0 heterocycles. The lowest BCUT2D eigenvalue weighted by Crippen LogP contribution is -2.12. The summed E-state index contributed by atoms with van der Waals surface area (Å²) in [4.78, 5) is 25.8. The maximum atomic E-state index is 11.8. The van der Waals surface area contributed by atoms with E-state index in [0.717, 1.165) is 22.6 Å². The quantitative estimate of drug-likeness (QED) is 0.0608. The Hall–Kier alpha value is -6.09. The average molecular weight is 644 g/mol. The fourth-order valence-electron chi connectivity index (χ4n) is 4.75. The summed E-state index contributed by atoms with van der Waals surface area (Å²) in [5.74, 6) is 0.670. The molecule has 48 heavy (non-hydrogen) atoms. The molecule has 244 valence electrons. The summed E-state index contributed by atoms with van der Waals surface area (Å²) in [6.45, 7) is 8.00. The molecule has 0 N–H and O–H groups in total. The van der Waals surface area contributed by atoms with E-state index in [2.05, 4.69) is 79.4 Å². The lowest BCUT2D eigenvalue weighted by atomic mass is 10.1. The summed E-state index contributed by atoms with van der Waals surface area (Å²) < 4.78 is 20.2. The highest BCUT2D eigenvalue weighted by Gasteiger charge is 2.14. The summed E-state index contributed by atoms with van der Waals surface area (Å²) in [7, 11) is 0. The van der Waals surface area contributed by atoms with Gasteiger partial charge in [-0.3, -0.25) is 0 Å². The number of hydrogen-bond acceptors (Lipinski definition) is 9. The Morgan fingerprint density at radius 3 is 1.27 bits per heavy atom. The molecule has 0 fully saturated rings. The van der Waals surface area contributed by atoms with E-state index < -0.39 is 12.3 Å². The first-order valence-corrected chi connectivity index (χ1v) is 15.6. The van der Waals surface area contributed by atoms with Crippen LogP contribution in [0.2, 0.25) is 0 Å². The molecule has 0 spiro atoms. The first kappa shape index (κ1) is 33.3. The number of hydrogen-bond donors (Lipinski definition) is 0. The molecule has 0 saturated heterocycles. The summed E-state index contributed by atoms with van der Waals surface area (Å²) in [6.07, 6.45) is 0.214. The molecule has 0 radical (unpaired) electrons. The van der Waals surface area contributed by atoms with E-state index in [4.69, 9.17) is 24.0 Å². The highest BCUT2D eigenvalue weighted by atomic mass is 16.7. The van der Waals surface area contributed by atoms with Crippen molar-refractivity contribution in [2.24, 2.45) is 5.10 Å². The number of carbonyl (C=O) groups is 2. The smallest absolute Gasteiger partial charge is 0.434 e. The molecule has 0 amide bonds. The Kier molecular flexibility index (Phi) is 11.1. The monoisotopic (exact) mass is 643 g/mol. The molecular weight excluding hydrogens is 606 g/mol. The highest BCUT2D eigenvalue weighted by Crippen LogP contribution is 2.35. The molecule has 0 atom stereocenters. The van der Waals surface area contributed by atoms with Crippen molar-refractivity contribution in [3.63, 3.8) is 0 Å². The van der Waals surface area contributed by atoms with Crippen LogP contribution in [0.5, 0.6) is 11.5 Å². The first-order chi connectivity index (χ1) is 23.3. The predicted octanol–water partition coefficient (Wildman–Crippen LogP) is 10.0. The van der Waals surface area contributed by atoms with Gasteiger partial charge in [0.15, 0.2) is 0 Å². The van der Waals surface area contributed by atoms with E-state index >= 15 is 0 Å². The van der Waals surface area contributed by atoms with Crippen molar-refractivity contribution >= 4 is 47.0 Å². The van der Waals surface area contributed by atoms with E-state index in [-0.39, 0.29) is 13.2 Å². The third kappa shape index (κ3) is 8.79. The minimum absolute atomic E-state index is 0.214. The van der Waals surface area contributed by atoms with Crippen LogP contribution in [0.25, 0.3) is 0 Å². The molecule has 5 rings (SSSR count). The number of nitrogens with zero attached hydrogens (tertiary/aromatic N) is 3. The largest absolute Gasteiger partial charge is 0.513 e. The van der Waals surface area contributed by atoms with Gasteiger partial charge in [-0.25, -0.2) is 14.6 Å². The Bertz CT molecular complexity index is 1710. The van der Waals surface area contributed by atoms with E-state index in [0.29, 0.717) is 22.9 Å². The van der Waals surface area contributed by atoms with Gasteiger partial charge in [0.1, 0.15) is 11.5 Å². The van der Waals surface area contributed by atoms with E-state index in [1.165, 1.54) is 11.1 Å². The molecular formula is C39H37N3O6. The van der Waals surface area contributed by atoms with Crippen molar-refractivity contribution in [2.45, 2.75) is 27.7 Å². The van der Waals surface area contributed by atoms with Crippen molar-refractivity contribution in [1.82, 2.24) is 0 Å². The zero-order valence-electron chi connectivity index (χ0n) is 27.3. The SMILES string of the molecule is CCOC(=O)Oc1ccc(N(N=Cc2ccc(N(c3ccc(C)cc3)c3ccc(C)cc3)cc2)c2ccc(OC(=O)OCC)cc2)cc1. The van der Waals surface area contributed by atoms with Gasteiger partial charge in [0.2, 0.25) is 0 Å². The fourth-order valence-corrected chi connectivity index (χ4v) is 4.75. The third-order valence-corrected chi connectivity index (χ3v) is 7.15. The summed E-state index contributed by atoms with van der Waals surface area (Å²) >= 11 is 0. The van der Waals surface area contributed by atoms with Crippen LogP contribution >= 0.6 is 0 Å². The van der Waals surface area contributed by atoms with Crippen LogP contribution < -0.4 is 19.4 Å². The second-order valence-corrected chi connectivity index (χ2v) is 10.7. The minimum atomic E-state index is -0.774. The topological polar surface area (TPSA) is 89.9 Å². The first-order valence-electron chi connectivity index (χ1n) is 15.6. The van der Waals surface area contributed by atoms with Gasteiger partial charge in [-0.2, -0.15) is 5.10 Å². The predicted molar refractivity (Wildman–Crippen MR) is 189 cm³/mol. The molecule has 5 aromatic carbocycles. The number of benzene rings is 5. The zero-order chi connectivity index (χ0) is 33.9. The second-order valence-electron chi connectivity index (χ2n) is 10.7. The van der Waals surface area contributed by atoms with Crippen LogP contribution in [0.15, 0.2) is 126 Å². The summed E-state index contributed by atoms with van der Waals surface area (Å²) in [5.41, 5.74) is 7.78. The highest BCUT2D eigenvalue weighted by molar-refractivity contribution is 5.84. The van der Waals surface area contributed by atoms with Gasteiger partial charge >= 0.3 is 12.3 Å². The molecule has 9 heteroatoms. The van der Waals surface area contributed by atoms with Crippen LogP contribution in [0.4, 0.5) is 38.0 Å².